The minimum atomic E-state index is -1.45. The Labute approximate surface area is 255 Å². The number of hydrogen-bond donors (Lipinski definition) is 2. The number of nitrogens with one attached hydrogen (secondary N) is 1. The standard InChI is InChI=1S/C31H35FN8O4/c1-20-14-38(25-17-43-18-25)10-11-40(20)24-5-3-23(4-6-24)36-31-35-19-34-30(37-31)21-2-7-27(22(12-21)13-33)44-28-8-9-39(15-26(28)32)29(42)16-41/h2-7,12,19-20,25-26,28,41H,8-11,14-18H2,1H3,(H,34,35,36,37)/t20-,26+,28?/m0/s1. The Balaban J connectivity index is 1.09. The summed E-state index contributed by atoms with van der Waals surface area (Å²) in [5.41, 5.74) is 2.79. The molecule has 3 atom stereocenters. The first-order valence-corrected chi connectivity index (χ1v) is 14.8. The molecular weight excluding hydrogens is 567 g/mol. The molecule has 3 fully saturated rings. The van der Waals surface area contributed by atoms with Crippen LogP contribution in [0.4, 0.5) is 21.7 Å². The number of likely N-dealkylation sites (tertiary alicyclic amines) is 1. The molecule has 0 radical (unpaired) electrons. The number of carbonyl (C=O) groups is 1. The minimum absolute atomic E-state index is 0.167. The summed E-state index contributed by atoms with van der Waals surface area (Å²) < 4.78 is 26.0. The fourth-order valence-electron chi connectivity index (χ4n) is 5.86. The van der Waals surface area contributed by atoms with E-state index in [0.717, 1.165) is 38.5 Å². The highest BCUT2D eigenvalue weighted by Gasteiger charge is 2.34. The smallest absolute Gasteiger partial charge is 0.248 e. The Kier molecular flexibility index (Phi) is 8.83. The van der Waals surface area contributed by atoms with Crippen molar-refractivity contribution in [3.05, 3.63) is 54.4 Å². The van der Waals surface area contributed by atoms with Crippen LogP contribution in [0, 0.1) is 11.3 Å². The van der Waals surface area contributed by atoms with Crippen molar-refractivity contribution < 1.29 is 23.8 Å². The number of amides is 1. The van der Waals surface area contributed by atoms with Crippen LogP contribution in [0.1, 0.15) is 18.9 Å². The number of anilines is 3. The van der Waals surface area contributed by atoms with E-state index in [2.05, 4.69) is 55.2 Å². The first-order valence-electron chi connectivity index (χ1n) is 14.8. The van der Waals surface area contributed by atoms with Gasteiger partial charge in [0.25, 0.3) is 0 Å². The Hall–Kier alpha value is -4.38. The van der Waals surface area contributed by atoms with E-state index < -0.39 is 24.8 Å². The van der Waals surface area contributed by atoms with Crippen LogP contribution in [0.5, 0.6) is 5.75 Å². The Morgan fingerprint density at radius 1 is 1.16 bits per heavy atom. The molecule has 0 saturated carbocycles. The van der Waals surface area contributed by atoms with E-state index in [1.54, 1.807) is 18.2 Å². The third-order valence-corrected chi connectivity index (χ3v) is 8.43. The first-order chi connectivity index (χ1) is 21.4. The lowest BCUT2D eigenvalue weighted by atomic mass is 10.0. The number of hydrogen-bond acceptors (Lipinski definition) is 11. The van der Waals surface area contributed by atoms with Crippen molar-refractivity contribution in [2.24, 2.45) is 0 Å². The quantitative estimate of drug-likeness (QED) is 0.393. The molecule has 3 saturated heterocycles. The number of carbonyl (C=O) groups excluding carboxylic acids is 1. The van der Waals surface area contributed by atoms with Gasteiger partial charge in [-0.2, -0.15) is 10.2 Å². The highest BCUT2D eigenvalue weighted by atomic mass is 19.1. The number of aromatic nitrogens is 3. The molecule has 2 aromatic carbocycles. The molecule has 3 aliphatic heterocycles. The first kappa shape index (κ1) is 29.7. The number of benzene rings is 2. The van der Waals surface area contributed by atoms with Crippen LogP contribution in [0.25, 0.3) is 11.4 Å². The van der Waals surface area contributed by atoms with Gasteiger partial charge < -0.3 is 29.7 Å². The number of piperidine rings is 1. The SMILES string of the molecule is C[C@H]1CN(C2COC2)CCN1c1ccc(Nc2ncnc(-c3ccc(OC4CCN(C(=O)CO)C[C@H]4F)c(C#N)c3)n2)cc1. The van der Waals surface area contributed by atoms with E-state index in [1.807, 2.05) is 12.1 Å². The molecule has 3 aliphatic rings. The fourth-order valence-corrected chi connectivity index (χ4v) is 5.86. The van der Waals surface area contributed by atoms with Crippen molar-refractivity contribution in [2.45, 2.75) is 37.7 Å². The Morgan fingerprint density at radius 3 is 2.66 bits per heavy atom. The van der Waals surface area contributed by atoms with Gasteiger partial charge in [-0.25, -0.2) is 14.4 Å². The second-order valence-corrected chi connectivity index (χ2v) is 11.3. The number of aliphatic hydroxyl groups is 1. The molecule has 4 heterocycles. The van der Waals surface area contributed by atoms with E-state index >= 15 is 0 Å². The lowest BCUT2D eigenvalue weighted by Crippen LogP contribution is -2.59. The number of rotatable bonds is 8. The zero-order valence-electron chi connectivity index (χ0n) is 24.5. The summed E-state index contributed by atoms with van der Waals surface area (Å²) in [4.78, 5) is 31.0. The molecule has 2 N–H and O–H groups in total. The maximum absolute atomic E-state index is 14.7. The average Bonchev–Trinajstić information content (AvgIpc) is 3.01. The number of nitrogens with zero attached hydrogens (tertiary/aromatic N) is 7. The van der Waals surface area contributed by atoms with Gasteiger partial charge in [-0.3, -0.25) is 9.69 Å². The second-order valence-electron chi connectivity index (χ2n) is 11.3. The van der Waals surface area contributed by atoms with Gasteiger partial charge in [-0.15, -0.1) is 0 Å². The minimum Gasteiger partial charge on any atom is -0.486 e. The molecule has 1 aromatic heterocycles. The normalized spacial score (nSPS) is 22.6. The van der Waals surface area contributed by atoms with Crippen molar-refractivity contribution in [1.82, 2.24) is 24.8 Å². The van der Waals surface area contributed by atoms with Gasteiger partial charge in [-0.1, -0.05) is 0 Å². The number of piperazine rings is 1. The number of halogens is 1. The zero-order valence-corrected chi connectivity index (χ0v) is 24.5. The molecule has 1 unspecified atom stereocenters. The number of ether oxygens (including phenoxy) is 2. The number of aliphatic hydroxyl groups excluding tert-OH is 1. The van der Waals surface area contributed by atoms with Crippen molar-refractivity contribution in [3.8, 4) is 23.2 Å². The highest BCUT2D eigenvalue weighted by Crippen LogP contribution is 2.29. The van der Waals surface area contributed by atoms with E-state index in [9.17, 15) is 14.4 Å². The van der Waals surface area contributed by atoms with Gasteiger partial charge >= 0.3 is 0 Å². The maximum atomic E-state index is 14.7. The molecule has 6 rings (SSSR count). The second kappa shape index (κ2) is 13.1. The summed E-state index contributed by atoms with van der Waals surface area (Å²) in [7, 11) is 0. The molecule has 0 spiro atoms. The molecule has 3 aromatic rings. The van der Waals surface area contributed by atoms with Crippen LogP contribution < -0.4 is 15.0 Å². The maximum Gasteiger partial charge on any atom is 0.248 e. The molecule has 0 bridgehead atoms. The van der Waals surface area contributed by atoms with Crippen molar-refractivity contribution in [3.63, 3.8) is 0 Å². The molecule has 1 amide bonds. The molecule has 13 heteroatoms. The molecular formula is C31H35FN8O4. The summed E-state index contributed by atoms with van der Waals surface area (Å²) in [5, 5.41) is 22.1. The Morgan fingerprint density at radius 2 is 1.98 bits per heavy atom. The number of alkyl halides is 1. The largest absolute Gasteiger partial charge is 0.486 e. The van der Waals surface area contributed by atoms with E-state index in [-0.39, 0.29) is 30.8 Å². The lowest BCUT2D eigenvalue weighted by molar-refractivity contribution is -0.138. The van der Waals surface area contributed by atoms with Crippen LogP contribution in [0.3, 0.4) is 0 Å². The molecule has 0 aliphatic carbocycles. The summed E-state index contributed by atoms with van der Waals surface area (Å²) in [5.74, 6) is 0.447. The van der Waals surface area contributed by atoms with Crippen LogP contribution in [-0.2, 0) is 9.53 Å². The van der Waals surface area contributed by atoms with Gasteiger partial charge in [-0.05, 0) is 49.4 Å². The van der Waals surface area contributed by atoms with Gasteiger partial charge in [0.05, 0.1) is 31.4 Å². The monoisotopic (exact) mass is 602 g/mol. The average molecular weight is 603 g/mol. The third kappa shape index (κ3) is 6.42. The summed E-state index contributed by atoms with van der Waals surface area (Å²) in [6.45, 7) is 6.38. The zero-order chi connectivity index (χ0) is 30.6. The lowest BCUT2D eigenvalue weighted by Gasteiger charge is -2.46. The van der Waals surface area contributed by atoms with E-state index in [0.29, 0.717) is 29.4 Å². The highest BCUT2D eigenvalue weighted by molar-refractivity contribution is 5.77. The van der Waals surface area contributed by atoms with Gasteiger partial charge in [0.2, 0.25) is 11.9 Å². The Bertz CT molecular complexity index is 1520. The van der Waals surface area contributed by atoms with Crippen LogP contribution in [-0.4, -0.2) is 113 Å². The topological polar surface area (TPSA) is 140 Å². The predicted octanol–water partition coefficient (Wildman–Crippen LogP) is 2.37. The summed E-state index contributed by atoms with van der Waals surface area (Å²) in [6, 6.07) is 16.2. The van der Waals surface area contributed by atoms with Gasteiger partial charge in [0, 0.05) is 55.6 Å². The van der Waals surface area contributed by atoms with Crippen molar-refractivity contribution >= 4 is 23.2 Å². The number of nitriles is 1. The van der Waals surface area contributed by atoms with Crippen molar-refractivity contribution in [1.29, 1.82) is 5.26 Å². The van der Waals surface area contributed by atoms with Gasteiger partial charge in [0.1, 0.15) is 30.9 Å². The van der Waals surface area contributed by atoms with Gasteiger partial charge in [0.15, 0.2) is 12.0 Å². The van der Waals surface area contributed by atoms with Crippen LogP contribution >= 0.6 is 0 Å². The summed E-state index contributed by atoms with van der Waals surface area (Å²) in [6.07, 6.45) is -0.614. The predicted molar refractivity (Wildman–Crippen MR) is 160 cm³/mol. The fraction of sp³-hybridized carbons (Fsp3) is 0.452. The molecule has 230 valence electrons. The van der Waals surface area contributed by atoms with Crippen LogP contribution in [0.2, 0.25) is 0 Å². The van der Waals surface area contributed by atoms with Crippen molar-refractivity contribution in [2.75, 3.05) is 62.8 Å². The van der Waals surface area contributed by atoms with E-state index in [1.165, 1.54) is 16.9 Å². The molecule has 44 heavy (non-hydrogen) atoms. The third-order valence-electron chi connectivity index (χ3n) is 8.43. The van der Waals surface area contributed by atoms with Crippen LogP contribution in [0.15, 0.2) is 48.8 Å². The molecule has 12 nitrogen and oxygen atoms in total. The summed E-state index contributed by atoms with van der Waals surface area (Å²) >= 11 is 0. The van der Waals surface area contributed by atoms with E-state index in [4.69, 9.17) is 14.6 Å².